The summed E-state index contributed by atoms with van der Waals surface area (Å²) in [6.07, 6.45) is 4.00. The van der Waals surface area contributed by atoms with Crippen molar-refractivity contribution in [2.75, 3.05) is 36.1 Å². The van der Waals surface area contributed by atoms with Crippen LogP contribution in [0.2, 0.25) is 0 Å². The first kappa shape index (κ1) is 24.8. The van der Waals surface area contributed by atoms with Crippen molar-refractivity contribution in [1.29, 1.82) is 0 Å². The zero-order valence-electron chi connectivity index (χ0n) is 21.3. The van der Waals surface area contributed by atoms with E-state index in [0.717, 1.165) is 39.4 Å². The van der Waals surface area contributed by atoms with Crippen LogP contribution in [0.5, 0.6) is 0 Å². The highest BCUT2D eigenvalue weighted by Gasteiger charge is 2.59. The van der Waals surface area contributed by atoms with E-state index >= 15 is 0 Å². The number of benzene rings is 2. The van der Waals surface area contributed by atoms with Gasteiger partial charge in [-0.25, -0.2) is 18.2 Å². The van der Waals surface area contributed by atoms with Gasteiger partial charge in [-0.1, -0.05) is 42.5 Å². The van der Waals surface area contributed by atoms with Crippen LogP contribution in [0.15, 0.2) is 73.1 Å². The van der Waals surface area contributed by atoms with Crippen molar-refractivity contribution in [1.82, 2.24) is 14.9 Å². The number of sulfonamides is 1. The van der Waals surface area contributed by atoms with Crippen LogP contribution in [0.25, 0.3) is 21.9 Å². The summed E-state index contributed by atoms with van der Waals surface area (Å²) in [7, 11) is -2.14. The number of ether oxygens (including phenoxy) is 1. The number of rotatable bonds is 5. The van der Waals surface area contributed by atoms with E-state index in [1.807, 2.05) is 48.5 Å². The Bertz CT molecular complexity index is 1730. The highest BCUT2D eigenvalue weighted by molar-refractivity contribution is 7.92. The number of para-hydroxylation sites is 1. The summed E-state index contributed by atoms with van der Waals surface area (Å²) in [5.74, 6) is 0.123. The number of nitrogens with zero attached hydrogens (tertiary/aromatic N) is 4. The van der Waals surface area contributed by atoms with Crippen LogP contribution >= 0.6 is 0 Å². The topological polar surface area (TPSA) is 122 Å². The van der Waals surface area contributed by atoms with E-state index in [2.05, 4.69) is 9.71 Å². The van der Waals surface area contributed by atoms with Gasteiger partial charge in [0.05, 0.1) is 25.6 Å². The Balaban J connectivity index is 1.41. The van der Waals surface area contributed by atoms with E-state index in [4.69, 9.17) is 9.72 Å². The number of methoxy groups -OCH3 is 1. The Morgan fingerprint density at radius 2 is 1.77 bits per heavy atom. The Morgan fingerprint density at radius 3 is 2.49 bits per heavy atom. The standard InChI is InChI=1S/C28H25N5O5S/c1-38-27(35)32-16-28(17-32)21-9-5-6-10-23(21)33(26(28)34)15-22-25(20-8-4-3-7-18(20)13-29-22)19-11-12-24(30-14-19)31-39(2,36)37/h3-14H,15-17H2,1-2H3,(H,30,31). The molecule has 0 atom stereocenters. The smallest absolute Gasteiger partial charge is 0.409 e. The van der Waals surface area contributed by atoms with E-state index in [0.29, 0.717) is 5.69 Å². The highest BCUT2D eigenvalue weighted by atomic mass is 32.2. The van der Waals surface area contributed by atoms with Crippen molar-refractivity contribution in [3.63, 3.8) is 0 Å². The predicted octanol–water partition coefficient (Wildman–Crippen LogP) is 3.53. The maximum Gasteiger partial charge on any atom is 0.409 e. The summed E-state index contributed by atoms with van der Waals surface area (Å²) in [4.78, 5) is 38.4. The molecule has 1 saturated heterocycles. The van der Waals surface area contributed by atoms with Gasteiger partial charge in [0.1, 0.15) is 11.2 Å². The van der Waals surface area contributed by atoms with Gasteiger partial charge in [0.25, 0.3) is 0 Å². The Labute approximate surface area is 225 Å². The molecule has 1 N–H and O–H groups in total. The normalized spacial score (nSPS) is 15.8. The number of amides is 2. The van der Waals surface area contributed by atoms with Crippen LogP contribution in [0.3, 0.4) is 0 Å². The summed E-state index contributed by atoms with van der Waals surface area (Å²) in [6.45, 7) is 0.713. The lowest BCUT2D eigenvalue weighted by Crippen LogP contribution is -2.65. The summed E-state index contributed by atoms with van der Waals surface area (Å²) in [6, 6.07) is 18.8. The molecule has 4 heterocycles. The lowest BCUT2D eigenvalue weighted by molar-refractivity contribution is -0.128. The van der Waals surface area contributed by atoms with Gasteiger partial charge in [0.2, 0.25) is 15.9 Å². The Kier molecular flexibility index (Phi) is 5.76. The first-order valence-electron chi connectivity index (χ1n) is 12.3. The third-order valence-electron chi connectivity index (χ3n) is 7.25. The minimum atomic E-state index is -3.47. The fraction of sp³-hybridized carbons (Fsp3) is 0.214. The molecule has 2 aromatic heterocycles. The number of hydrogen-bond acceptors (Lipinski definition) is 7. The summed E-state index contributed by atoms with van der Waals surface area (Å²) < 4.78 is 30.5. The number of nitrogens with one attached hydrogen (secondary N) is 1. The number of hydrogen-bond donors (Lipinski definition) is 1. The molecule has 0 radical (unpaired) electrons. The van der Waals surface area contributed by atoms with E-state index in [1.165, 1.54) is 12.0 Å². The molecule has 1 spiro atoms. The molecule has 2 aliphatic rings. The number of anilines is 2. The summed E-state index contributed by atoms with van der Waals surface area (Å²) in [5.41, 5.74) is 3.08. The molecule has 0 saturated carbocycles. The average Bonchev–Trinajstić information content (AvgIpc) is 3.15. The zero-order valence-corrected chi connectivity index (χ0v) is 22.1. The van der Waals surface area contributed by atoms with Gasteiger partial charge in [0, 0.05) is 47.7 Å². The highest BCUT2D eigenvalue weighted by Crippen LogP contribution is 2.48. The number of carbonyl (C=O) groups is 2. The molecule has 2 aliphatic heterocycles. The number of carbonyl (C=O) groups excluding carboxylic acids is 2. The third kappa shape index (κ3) is 4.15. The van der Waals surface area contributed by atoms with Crippen LogP contribution in [-0.2, 0) is 31.5 Å². The van der Waals surface area contributed by atoms with E-state index in [1.54, 1.807) is 29.4 Å². The van der Waals surface area contributed by atoms with Crippen molar-refractivity contribution in [2.45, 2.75) is 12.0 Å². The minimum absolute atomic E-state index is 0.0874. The molecule has 2 aromatic carbocycles. The van der Waals surface area contributed by atoms with Gasteiger partial charge in [-0.2, -0.15) is 0 Å². The van der Waals surface area contributed by atoms with Crippen LogP contribution in [0, 0.1) is 0 Å². The van der Waals surface area contributed by atoms with Crippen LogP contribution in [0.4, 0.5) is 16.3 Å². The van der Waals surface area contributed by atoms with Crippen LogP contribution in [-0.4, -0.2) is 61.7 Å². The van der Waals surface area contributed by atoms with E-state index < -0.39 is 21.5 Å². The molecule has 2 amide bonds. The Hall–Kier alpha value is -4.51. The number of fused-ring (bicyclic) bond motifs is 3. The molecule has 11 heteroatoms. The maximum absolute atomic E-state index is 14.0. The zero-order chi connectivity index (χ0) is 27.4. The molecular weight excluding hydrogens is 518 g/mol. The molecule has 39 heavy (non-hydrogen) atoms. The SMILES string of the molecule is COC(=O)N1CC2(C1)C(=O)N(Cc1ncc3ccccc3c1-c1ccc(NS(C)(=O)=O)nc1)c1ccccc12. The number of aromatic nitrogens is 2. The van der Waals surface area contributed by atoms with Crippen molar-refractivity contribution in [3.8, 4) is 11.1 Å². The molecule has 1 fully saturated rings. The van der Waals surface area contributed by atoms with Crippen molar-refractivity contribution < 1.29 is 22.7 Å². The molecule has 0 bridgehead atoms. The fourth-order valence-electron chi connectivity index (χ4n) is 5.51. The lowest BCUT2D eigenvalue weighted by atomic mass is 9.75. The van der Waals surface area contributed by atoms with Crippen LogP contribution < -0.4 is 9.62 Å². The second-order valence-electron chi connectivity index (χ2n) is 9.79. The van der Waals surface area contributed by atoms with Gasteiger partial charge >= 0.3 is 6.09 Å². The summed E-state index contributed by atoms with van der Waals surface area (Å²) >= 11 is 0. The molecule has 198 valence electrons. The lowest BCUT2D eigenvalue weighted by Gasteiger charge is -2.45. The largest absolute Gasteiger partial charge is 0.453 e. The number of likely N-dealkylation sites (tertiary alicyclic amines) is 1. The van der Waals surface area contributed by atoms with Gasteiger partial charge < -0.3 is 14.5 Å². The first-order valence-corrected chi connectivity index (χ1v) is 14.1. The third-order valence-corrected chi connectivity index (χ3v) is 7.83. The molecule has 10 nitrogen and oxygen atoms in total. The molecular formula is C28H25N5O5S. The summed E-state index contributed by atoms with van der Waals surface area (Å²) in [5, 5.41) is 1.86. The number of pyridine rings is 2. The Morgan fingerprint density at radius 1 is 1.03 bits per heavy atom. The van der Waals surface area contributed by atoms with Crippen LogP contribution in [0.1, 0.15) is 11.3 Å². The molecule has 6 rings (SSSR count). The van der Waals surface area contributed by atoms with Crippen molar-refractivity contribution in [2.24, 2.45) is 0 Å². The van der Waals surface area contributed by atoms with E-state index in [9.17, 15) is 18.0 Å². The monoisotopic (exact) mass is 543 g/mol. The molecule has 0 unspecified atom stereocenters. The van der Waals surface area contributed by atoms with E-state index in [-0.39, 0.29) is 31.4 Å². The van der Waals surface area contributed by atoms with Gasteiger partial charge in [0.15, 0.2) is 0 Å². The second kappa shape index (κ2) is 9.05. The minimum Gasteiger partial charge on any atom is -0.453 e. The average molecular weight is 544 g/mol. The molecule has 4 aromatic rings. The van der Waals surface area contributed by atoms with Gasteiger partial charge in [-0.05, 0) is 29.1 Å². The molecule has 0 aliphatic carbocycles. The fourth-order valence-corrected chi connectivity index (χ4v) is 6.01. The van der Waals surface area contributed by atoms with Crippen molar-refractivity contribution >= 4 is 44.3 Å². The predicted molar refractivity (Wildman–Crippen MR) is 147 cm³/mol. The van der Waals surface area contributed by atoms with Gasteiger partial charge in [-0.15, -0.1) is 0 Å². The second-order valence-corrected chi connectivity index (χ2v) is 11.5. The van der Waals surface area contributed by atoms with Crippen molar-refractivity contribution in [3.05, 3.63) is 84.3 Å². The first-order chi connectivity index (χ1) is 18.7. The van der Waals surface area contributed by atoms with Gasteiger partial charge in [-0.3, -0.25) is 14.5 Å². The quantitative estimate of drug-likeness (QED) is 0.409. The maximum atomic E-state index is 14.0.